The van der Waals surface area contributed by atoms with E-state index in [1.165, 1.54) is 12.1 Å². The molecule has 0 bridgehead atoms. The van der Waals surface area contributed by atoms with Crippen LogP contribution in [0.5, 0.6) is 0 Å². The van der Waals surface area contributed by atoms with Gasteiger partial charge in [-0.15, -0.1) is 0 Å². The van der Waals surface area contributed by atoms with Gasteiger partial charge in [-0.1, -0.05) is 17.7 Å². The predicted octanol–water partition coefficient (Wildman–Crippen LogP) is 0.937. The van der Waals surface area contributed by atoms with Crippen molar-refractivity contribution < 1.29 is 22.7 Å². The molecule has 4 rings (SSSR count). The Morgan fingerprint density at radius 2 is 1.83 bits per heavy atom. The minimum atomic E-state index is -3.82. The van der Waals surface area contributed by atoms with Crippen LogP contribution in [0.1, 0.15) is 12.0 Å². The molecule has 1 aromatic rings. The van der Waals surface area contributed by atoms with Gasteiger partial charge in [0.05, 0.1) is 37.2 Å². The molecule has 1 aromatic carbocycles. The number of benzene rings is 1. The summed E-state index contributed by atoms with van der Waals surface area (Å²) in [5.74, 6) is -0.736. The SMILES string of the molecule is Cc1ccc(S(=O)(=O)N2C[C@@H]3CC4(CN3C2=O)OCCO4)cc1. The molecule has 0 radical (unpaired) electrons. The lowest BCUT2D eigenvalue weighted by Crippen LogP contribution is -2.41. The summed E-state index contributed by atoms with van der Waals surface area (Å²) in [6, 6.07) is 5.83. The van der Waals surface area contributed by atoms with Crippen molar-refractivity contribution in [1.82, 2.24) is 9.21 Å². The molecule has 8 heteroatoms. The van der Waals surface area contributed by atoms with Crippen LogP contribution in [0.3, 0.4) is 0 Å². The number of hydrogen-bond donors (Lipinski definition) is 0. The zero-order valence-corrected chi connectivity index (χ0v) is 13.6. The van der Waals surface area contributed by atoms with Gasteiger partial charge in [0, 0.05) is 6.42 Å². The molecular weight excluding hydrogens is 320 g/mol. The monoisotopic (exact) mass is 338 g/mol. The Morgan fingerprint density at radius 3 is 2.43 bits per heavy atom. The van der Waals surface area contributed by atoms with Crippen molar-refractivity contribution in [3.8, 4) is 0 Å². The van der Waals surface area contributed by atoms with Crippen LogP contribution in [0.15, 0.2) is 29.2 Å². The number of fused-ring (bicyclic) bond motifs is 1. The smallest absolute Gasteiger partial charge is 0.334 e. The van der Waals surface area contributed by atoms with Crippen LogP contribution >= 0.6 is 0 Å². The van der Waals surface area contributed by atoms with Gasteiger partial charge in [0.2, 0.25) is 0 Å². The third kappa shape index (κ3) is 2.24. The number of ether oxygens (including phenoxy) is 2. The summed E-state index contributed by atoms with van der Waals surface area (Å²) in [4.78, 5) is 14.3. The van der Waals surface area contributed by atoms with Crippen molar-refractivity contribution >= 4 is 16.1 Å². The van der Waals surface area contributed by atoms with Gasteiger partial charge in [0.1, 0.15) is 0 Å². The second-order valence-corrected chi connectivity index (χ2v) is 8.09. The van der Waals surface area contributed by atoms with Crippen LogP contribution in [-0.2, 0) is 19.5 Å². The molecule has 3 fully saturated rings. The average Bonchev–Trinajstić information content (AvgIpc) is 3.19. The lowest BCUT2D eigenvalue weighted by molar-refractivity contribution is -0.145. The zero-order chi connectivity index (χ0) is 16.2. The van der Waals surface area contributed by atoms with Crippen LogP contribution in [0.25, 0.3) is 0 Å². The Hall–Kier alpha value is -1.64. The Labute approximate surface area is 134 Å². The lowest BCUT2D eigenvalue weighted by atomic mass is 10.1. The Kier molecular flexibility index (Phi) is 3.20. The van der Waals surface area contributed by atoms with Gasteiger partial charge in [0.15, 0.2) is 5.79 Å². The number of sulfonamides is 1. The number of nitrogens with zero attached hydrogens (tertiary/aromatic N) is 2. The standard InChI is InChI=1S/C15H18N2O5S/c1-11-2-4-13(5-3-11)23(19,20)17-9-12-8-15(21-6-7-22-15)10-16(12)14(17)18/h2-5,12H,6-10H2,1H3/t12-/m0/s1. The minimum absolute atomic E-state index is 0.140. The molecule has 0 saturated carbocycles. The van der Waals surface area contributed by atoms with E-state index in [0.717, 1.165) is 9.87 Å². The lowest BCUT2D eigenvalue weighted by Gasteiger charge is -2.24. The molecule has 0 aliphatic carbocycles. The maximum atomic E-state index is 12.7. The molecule has 3 aliphatic heterocycles. The second-order valence-electron chi connectivity index (χ2n) is 6.23. The minimum Gasteiger partial charge on any atom is -0.346 e. The maximum absolute atomic E-state index is 12.7. The number of carbonyl (C=O) groups is 1. The number of aryl methyl sites for hydroxylation is 1. The van der Waals surface area contributed by atoms with Crippen LogP contribution in [0.4, 0.5) is 4.79 Å². The number of hydrogen-bond acceptors (Lipinski definition) is 5. The highest BCUT2D eigenvalue weighted by Gasteiger charge is 2.56. The van der Waals surface area contributed by atoms with Crippen molar-refractivity contribution in [1.29, 1.82) is 0 Å². The topological polar surface area (TPSA) is 76.2 Å². The fraction of sp³-hybridized carbons (Fsp3) is 0.533. The van der Waals surface area contributed by atoms with Gasteiger partial charge in [-0.05, 0) is 19.1 Å². The van der Waals surface area contributed by atoms with Gasteiger partial charge in [0.25, 0.3) is 10.0 Å². The van der Waals surface area contributed by atoms with Crippen LogP contribution in [-0.4, -0.2) is 61.8 Å². The fourth-order valence-electron chi connectivity index (χ4n) is 3.47. The summed E-state index contributed by atoms with van der Waals surface area (Å²) < 4.78 is 37.6. The van der Waals surface area contributed by atoms with E-state index in [4.69, 9.17) is 9.47 Å². The Balaban J connectivity index is 1.58. The summed E-state index contributed by atoms with van der Waals surface area (Å²) in [5.41, 5.74) is 0.967. The van der Waals surface area contributed by atoms with Crippen molar-refractivity contribution in [3.05, 3.63) is 29.8 Å². The molecule has 2 amide bonds. The molecule has 3 saturated heterocycles. The molecule has 1 atom stereocenters. The average molecular weight is 338 g/mol. The van der Waals surface area contributed by atoms with E-state index in [0.29, 0.717) is 19.6 Å². The van der Waals surface area contributed by atoms with E-state index in [2.05, 4.69) is 0 Å². The maximum Gasteiger partial charge on any atom is 0.334 e. The van der Waals surface area contributed by atoms with E-state index < -0.39 is 21.8 Å². The second kappa shape index (κ2) is 4.93. The first-order valence-corrected chi connectivity index (χ1v) is 9.03. The highest BCUT2D eigenvalue weighted by atomic mass is 32.2. The van der Waals surface area contributed by atoms with Crippen molar-refractivity contribution in [2.45, 2.75) is 30.1 Å². The van der Waals surface area contributed by atoms with E-state index in [9.17, 15) is 13.2 Å². The normalized spacial score (nSPS) is 26.3. The van der Waals surface area contributed by atoms with Gasteiger partial charge in [-0.2, -0.15) is 0 Å². The largest absolute Gasteiger partial charge is 0.346 e. The number of carbonyl (C=O) groups excluding carboxylic acids is 1. The molecule has 124 valence electrons. The summed E-state index contributed by atoms with van der Waals surface area (Å²) in [6.45, 7) is 3.34. The molecule has 0 N–H and O–H groups in total. The molecular formula is C15H18N2O5S. The quantitative estimate of drug-likeness (QED) is 0.802. The molecule has 1 spiro atoms. The van der Waals surface area contributed by atoms with Gasteiger partial charge in [-0.25, -0.2) is 17.5 Å². The third-order valence-corrected chi connectivity index (χ3v) is 6.41. The first-order chi connectivity index (χ1) is 10.9. The molecule has 7 nitrogen and oxygen atoms in total. The fourth-order valence-corrected chi connectivity index (χ4v) is 4.88. The Morgan fingerprint density at radius 1 is 1.17 bits per heavy atom. The van der Waals surface area contributed by atoms with E-state index in [-0.39, 0.29) is 24.0 Å². The molecule has 0 aromatic heterocycles. The first kappa shape index (κ1) is 14.9. The predicted molar refractivity (Wildman–Crippen MR) is 80.2 cm³/mol. The molecule has 3 heterocycles. The van der Waals surface area contributed by atoms with Crippen molar-refractivity contribution in [3.63, 3.8) is 0 Å². The molecule has 3 aliphatic rings. The van der Waals surface area contributed by atoms with Crippen LogP contribution < -0.4 is 0 Å². The number of rotatable bonds is 2. The van der Waals surface area contributed by atoms with E-state index in [1.54, 1.807) is 17.0 Å². The van der Waals surface area contributed by atoms with Gasteiger partial charge in [-0.3, -0.25) is 0 Å². The highest BCUT2D eigenvalue weighted by molar-refractivity contribution is 7.89. The van der Waals surface area contributed by atoms with E-state index in [1.807, 2.05) is 6.92 Å². The molecule has 23 heavy (non-hydrogen) atoms. The van der Waals surface area contributed by atoms with Gasteiger partial charge < -0.3 is 14.4 Å². The van der Waals surface area contributed by atoms with Gasteiger partial charge >= 0.3 is 6.03 Å². The van der Waals surface area contributed by atoms with Crippen LogP contribution in [0.2, 0.25) is 0 Å². The molecule has 0 unspecified atom stereocenters. The summed E-state index contributed by atoms with van der Waals surface area (Å²) >= 11 is 0. The van der Waals surface area contributed by atoms with E-state index >= 15 is 0 Å². The first-order valence-electron chi connectivity index (χ1n) is 7.59. The van der Waals surface area contributed by atoms with Crippen molar-refractivity contribution in [2.75, 3.05) is 26.3 Å². The summed E-state index contributed by atoms with van der Waals surface area (Å²) in [5, 5.41) is 0. The third-order valence-electron chi connectivity index (χ3n) is 4.66. The van der Waals surface area contributed by atoms with Crippen molar-refractivity contribution in [2.24, 2.45) is 0 Å². The number of amides is 2. The Bertz CT molecular complexity index is 740. The number of urea groups is 1. The highest BCUT2D eigenvalue weighted by Crippen LogP contribution is 2.39. The summed E-state index contributed by atoms with van der Waals surface area (Å²) in [6.07, 6.45) is 0.513. The zero-order valence-electron chi connectivity index (χ0n) is 12.8. The van der Waals surface area contributed by atoms with Crippen LogP contribution in [0, 0.1) is 6.92 Å². The summed E-state index contributed by atoms with van der Waals surface area (Å²) in [7, 11) is -3.82.